The van der Waals surface area contributed by atoms with Gasteiger partial charge in [0.05, 0.1) is 15.7 Å². The normalized spacial score (nSPS) is 11.7. The van der Waals surface area contributed by atoms with E-state index >= 15 is 0 Å². The maximum absolute atomic E-state index is 7.33. The van der Waals surface area contributed by atoms with Crippen molar-refractivity contribution in [2.24, 2.45) is 0 Å². The number of aryl methyl sites for hydroxylation is 1. The molecule has 0 saturated carbocycles. The van der Waals surface area contributed by atoms with E-state index in [0.717, 1.165) is 28.3 Å². The molecule has 0 saturated heterocycles. The van der Waals surface area contributed by atoms with Gasteiger partial charge < -0.3 is 15.1 Å². The lowest BCUT2D eigenvalue weighted by Gasteiger charge is -2.43. The Labute approximate surface area is 247 Å². The summed E-state index contributed by atoms with van der Waals surface area (Å²) in [5, 5.41) is 10.0. The van der Waals surface area contributed by atoms with Crippen LogP contribution in [0.5, 0.6) is 5.75 Å². The molecule has 0 unspecified atom stereocenters. The lowest BCUT2D eigenvalue weighted by Crippen LogP contribution is -2.69. The molecule has 3 aromatic carbocycles. The first-order chi connectivity index (χ1) is 18.4. The molecule has 0 aliphatic rings. The van der Waals surface area contributed by atoms with Gasteiger partial charge in [0.1, 0.15) is 11.6 Å². The van der Waals surface area contributed by atoms with Gasteiger partial charge in [0.15, 0.2) is 5.11 Å². The number of nitrogens with zero attached hydrogens (tertiary/aromatic N) is 1. The summed E-state index contributed by atoms with van der Waals surface area (Å²) in [4.78, 5) is 4.91. The van der Waals surface area contributed by atoms with Gasteiger partial charge in [-0.3, -0.25) is 0 Å². The maximum atomic E-state index is 7.33. The summed E-state index contributed by atoms with van der Waals surface area (Å²) in [5.74, 6) is 1.49. The highest BCUT2D eigenvalue weighted by Gasteiger charge is 2.52. The smallest absolute Gasteiger partial charge is 0.320 e. The van der Waals surface area contributed by atoms with Crippen molar-refractivity contribution in [3.63, 3.8) is 0 Å². The molecule has 4 rings (SSSR count). The van der Waals surface area contributed by atoms with Crippen molar-refractivity contribution in [2.75, 3.05) is 10.6 Å². The zero-order valence-electron chi connectivity index (χ0n) is 23.0. The van der Waals surface area contributed by atoms with Crippen molar-refractivity contribution < 1.29 is 4.43 Å². The van der Waals surface area contributed by atoms with Gasteiger partial charge in [-0.1, -0.05) is 105 Å². The molecule has 0 amide bonds. The quantitative estimate of drug-likeness (QED) is 0.175. The number of thiocarbonyl (C=S) groups is 1. The molecule has 39 heavy (non-hydrogen) atoms. The molecular formula is C31H33Cl2N3OSSi. The number of rotatable bonds is 6. The Kier molecular flexibility index (Phi) is 8.71. The number of hydrogen-bond donors (Lipinski definition) is 2. The summed E-state index contributed by atoms with van der Waals surface area (Å²) < 4.78 is 7.33. The van der Waals surface area contributed by atoms with Gasteiger partial charge in [-0.25, -0.2) is 4.98 Å². The van der Waals surface area contributed by atoms with Crippen LogP contribution in [0.25, 0.3) is 0 Å². The van der Waals surface area contributed by atoms with Crippen LogP contribution in [0.1, 0.15) is 37.6 Å². The molecular weight excluding hydrogens is 561 g/mol. The standard InChI is InChI=1S/C31H33Cl2N3OSSi/c1-20-21(2)29(36-30(38)35-23-17-18-26(32)27(33)19-23)34-22(3)28(20)37-39(31(4,5)6,24-13-9-7-10-14-24)25-15-11-8-12-16-25/h7-19H,1-6H3,(H2,34,35,36,38). The predicted octanol–water partition coefficient (Wildman–Crippen LogP) is 8.06. The van der Waals surface area contributed by atoms with Gasteiger partial charge >= 0.3 is 8.32 Å². The minimum atomic E-state index is -2.81. The van der Waals surface area contributed by atoms with Crippen LogP contribution in [0, 0.1) is 20.8 Å². The molecule has 0 aliphatic heterocycles. The Morgan fingerprint density at radius 1 is 0.795 bits per heavy atom. The van der Waals surface area contributed by atoms with Crippen LogP contribution in [-0.4, -0.2) is 18.4 Å². The maximum Gasteiger partial charge on any atom is 0.320 e. The number of anilines is 2. The molecule has 4 nitrogen and oxygen atoms in total. The zero-order valence-corrected chi connectivity index (χ0v) is 26.4. The van der Waals surface area contributed by atoms with Crippen molar-refractivity contribution in [3.05, 3.63) is 106 Å². The third kappa shape index (κ3) is 5.99. The van der Waals surface area contributed by atoms with Crippen LogP contribution in [-0.2, 0) is 0 Å². The van der Waals surface area contributed by atoms with Gasteiger partial charge in [-0.05, 0) is 77.7 Å². The monoisotopic (exact) mass is 593 g/mol. The number of halogens is 2. The Morgan fingerprint density at radius 3 is 1.87 bits per heavy atom. The van der Waals surface area contributed by atoms with Crippen molar-refractivity contribution in [1.82, 2.24) is 4.98 Å². The second-order valence-electron chi connectivity index (χ2n) is 10.6. The second-order valence-corrected chi connectivity index (χ2v) is 16.0. The number of aromatic nitrogens is 1. The number of benzene rings is 3. The topological polar surface area (TPSA) is 46.2 Å². The summed E-state index contributed by atoms with van der Waals surface area (Å²) in [6.45, 7) is 12.9. The Hall–Kier alpha value is -2.90. The molecule has 8 heteroatoms. The van der Waals surface area contributed by atoms with Crippen molar-refractivity contribution >= 4 is 70.7 Å². The molecule has 0 bridgehead atoms. The molecule has 1 aromatic heterocycles. The third-order valence-corrected chi connectivity index (χ3v) is 12.8. The van der Waals surface area contributed by atoms with Crippen molar-refractivity contribution in [2.45, 2.75) is 46.6 Å². The lowest BCUT2D eigenvalue weighted by molar-refractivity contribution is 0.498. The molecule has 0 aliphatic carbocycles. The number of hydrogen-bond acceptors (Lipinski definition) is 3. The first-order valence-corrected chi connectivity index (χ1v) is 15.8. The van der Waals surface area contributed by atoms with E-state index in [4.69, 9.17) is 44.8 Å². The Morgan fingerprint density at radius 2 is 1.36 bits per heavy atom. The highest BCUT2D eigenvalue weighted by molar-refractivity contribution is 7.80. The van der Waals surface area contributed by atoms with Gasteiger partial charge in [0.25, 0.3) is 0 Å². The largest absolute Gasteiger partial charge is 0.533 e. The SMILES string of the molecule is Cc1nc(NC(=S)Nc2ccc(Cl)c(Cl)c2)c(C)c(C)c1O[Si](c1ccccc1)(c1ccccc1)C(C)(C)C. The molecule has 0 radical (unpaired) electrons. The Bertz CT molecular complexity index is 1450. The predicted molar refractivity (Wildman–Crippen MR) is 173 cm³/mol. The van der Waals surface area contributed by atoms with E-state index in [2.05, 4.69) is 86.9 Å². The van der Waals surface area contributed by atoms with Gasteiger partial charge in [-0.15, -0.1) is 0 Å². The van der Waals surface area contributed by atoms with E-state index in [1.807, 2.05) is 32.0 Å². The van der Waals surface area contributed by atoms with Gasteiger partial charge in [0, 0.05) is 5.69 Å². The van der Waals surface area contributed by atoms with E-state index in [1.165, 1.54) is 10.4 Å². The molecule has 1 heterocycles. The van der Waals surface area contributed by atoms with E-state index in [0.29, 0.717) is 21.0 Å². The summed E-state index contributed by atoms with van der Waals surface area (Å²) in [7, 11) is -2.81. The van der Waals surface area contributed by atoms with Crippen LogP contribution in [0.3, 0.4) is 0 Å². The average molecular weight is 595 g/mol. The summed E-state index contributed by atoms with van der Waals surface area (Å²) in [6, 6.07) is 26.5. The van der Waals surface area contributed by atoms with Crippen LogP contribution in [0.15, 0.2) is 78.9 Å². The zero-order chi connectivity index (χ0) is 28.4. The Balaban J connectivity index is 1.74. The fourth-order valence-corrected chi connectivity index (χ4v) is 9.89. The van der Waals surface area contributed by atoms with Crippen molar-refractivity contribution in [3.8, 4) is 5.75 Å². The van der Waals surface area contributed by atoms with E-state index < -0.39 is 8.32 Å². The minimum Gasteiger partial charge on any atom is -0.533 e. The van der Waals surface area contributed by atoms with Gasteiger partial charge in [-0.2, -0.15) is 0 Å². The lowest BCUT2D eigenvalue weighted by atomic mass is 10.1. The summed E-state index contributed by atoms with van der Waals surface area (Å²) >= 11 is 17.8. The van der Waals surface area contributed by atoms with Crippen LogP contribution in [0.4, 0.5) is 11.5 Å². The van der Waals surface area contributed by atoms with Crippen LogP contribution in [0.2, 0.25) is 15.1 Å². The van der Waals surface area contributed by atoms with E-state index in [9.17, 15) is 0 Å². The number of nitrogens with one attached hydrogen (secondary N) is 2. The first-order valence-electron chi connectivity index (χ1n) is 12.7. The fraction of sp³-hybridized carbons (Fsp3) is 0.226. The molecule has 0 fully saturated rings. The van der Waals surface area contributed by atoms with Crippen molar-refractivity contribution in [1.29, 1.82) is 0 Å². The second kappa shape index (κ2) is 11.7. The number of pyridine rings is 1. The van der Waals surface area contributed by atoms with Crippen LogP contribution < -0.4 is 25.4 Å². The van der Waals surface area contributed by atoms with E-state index in [1.54, 1.807) is 12.1 Å². The highest BCUT2D eigenvalue weighted by Crippen LogP contribution is 2.40. The first kappa shape index (κ1) is 29.1. The third-order valence-electron chi connectivity index (χ3n) is 6.95. The van der Waals surface area contributed by atoms with Crippen LogP contribution >= 0.6 is 35.4 Å². The average Bonchev–Trinajstić information content (AvgIpc) is 2.90. The fourth-order valence-electron chi connectivity index (χ4n) is 4.84. The highest BCUT2D eigenvalue weighted by atomic mass is 35.5. The molecule has 2 N–H and O–H groups in total. The molecule has 0 atom stereocenters. The molecule has 202 valence electrons. The minimum absolute atomic E-state index is 0.162. The summed E-state index contributed by atoms with van der Waals surface area (Å²) in [5.41, 5.74) is 3.52. The summed E-state index contributed by atoms with van der Waals surface area (Å²) in [6.07, 6.45) is 0. The van der Waals surface area contributed by atoms with E-state index in [-0.39, 0.29) is 5.04 Å². The molecule has 0 spiro atoms. The molecule has 4 aromatic rings. The van der Waals surface area contributed by atoms with Gasteiger partial charge in [0.2, 0.25) is 0 Å².